The minimum Gasteiger partial charge on any atom is -0.352 e. The highest BCUT2D eigenvalue weighted by molar-refractivity contribution is 7.57. The molecule has 0 aliphatic rings. The van der Waals surface area contributed by atoms with Crippen LogP contribution in [0.4, 0.5) is 0 Å². The van der Waals surface area contributed by atoms with Crippen LogP contribution in [0.25, 0.3) is 0 Å². The molecule has 0 unspecified atom stereocenters. The van der Waals surface area contributed by atoms with Crippen molar-refractivity contribution in [1.29, 1.82) is 0 Å². The first kappa shape index (κ1) is 15.9. The molecule has 0 rings (SSSR count). The average Bonchev–Trinajstić information content (AvgIpc) is 1.74. The number of hydrogen-bond acceptors (Lipinski definition) is 3. The Labute approximate surface area is 100 Å². The number of alkyl halides is 1. The van der Waals surface area contributed by atoms with Gasteiger partial charge in [0.2, 0.25) is 0 Å². The van der Waals surface area contributed by atoms with Crippen molar-refractivity contribution in [2.24, 2.45) is 0 Å². The zero-order valence-corrected chi connectivity index (χ0v) is 14.1. The standard InChI is InChI=1S/C8H22ClO3PSi2/c1-14(2,3)11-13(10,8-7-9)12-15(4,5)6/h7-8H2,1-6H3/i13+2. The van der Waals surface area contributed by atoms with Gasteiger partial charge in [0, 0.05) is 5.88 Å². The van der Waals surface area contributed by atoms with E-state index >= 15 is 0 Å². The zero-order chi connectivity index (χ0) is 12.3. The molecule has 0 heterocycles. The van der Waals surface area contributed by atoms with Crippen molar-refractivity contribution in [1.82, 2.24) is 0 Å². The van der Waals surface area contributed by atoms with E-state index in [2.05, 4.69) is 0 Å². The van der Waals surface area contributed by atoms with E-state index in [9.17, 15) is 4.57 Å². The predicted molar refractivity (Wildman–Crippen MR) is 72.1 cm³/mol. The van der Waals surface area contributed by atoms with Crippen molar-refractivity contribution in [3.63, 3.8) is 0 Å². The predicted octanol–water partition coefficient (Wildman–Crippen LogP) is 4.12. The lowest BCUT2D eigenvalue weighted by atomic mass is 11.0. The summed E-state index contributed by atoms with van der Waals surface area (Å²) >= 11 is 5.64. The fourth-order valence-corrected chi connectivity index (χ4v) is 9.77. The van der Waals surface area contributed by atoms with E-state index in [-0.39, 0.29) is 0 Å². The first-order valence-electron chi connectivity index (χ1n) is 5.04. The van der Waals surface area contributed by atoms with E-state index in [1.54, 1.807) is 0 Å². The molecular weight excluding hydrogens is 269 g/mol. The van der Waals surface area contributed by atoms with E-state index < -0.39 is 24.2 Å². The van der Waals surface area contributed by atoms with Crippen LogP contribution in [0.1, 0.15) is 0 Å². The van der Waals surface area contributed by atoms with Gasteiger partial charge in [-0.25, -0.2) is 0 Å². The Hall–Kier alpha value is 0.874. The molecule has 0 saturated carbocycles. The molecule has 0 fully saturated rings. The van der Waals surface area contributed by atoms with E-state index in [0.29, 0.717) is 12.0 Å². The normalized spacial score (nSPS) is 14.3. The molecule has 0 aromatic carbocycles. The third-order valence-corrected chi connectivity index (χ3v) is 9.02. The van der Waals surface area contributed by atoms with Crippen molar-refractivity contribution in [3.05, 3.63) is 0 Å². The van der Waals surface area contributed by atoms with E-state index in [0.717, 1.165) is 0 Å². The molecule has 0 saturated heterocycles. The third-order valence-electron chi connectivity index (χ3n) is 1.18. The van der Waals surface area contributed by atoms with Crippen LogP contribution in [-0.2, 0) is 13.0 Å². The van der Waals surface area contributed by atoms with Crippen LogP contribution in [0.15, 0.2) is 0 Å². The van der Waals surface area contributed by atoms with Gasteiger partial charge in [0.15, 0.2) is 16.6 Å². The molecule has 3 nitrogen and oxygen atoms in total. The maximum absolute atomic E-state index is 12.4. The molecule has 0 N–H and O–H groups in total. The van der Waals surface area contributed by atoms with Gasteiger partial charge in [0.05, 0.1) is 6.16 Å². The molecule has 7 heteroatoms. The second kappa shape index (κ2) is 5.47. The summed E-state index contributed by atoms with van der Waals surface area (Å²) in [4.78, 5) is 0. The first-order valence-corrected chi connectivity index (χ1v) is 14.1. The summed E-state index contributed by atoms with van der Waals surface area (Å²) in [6, 6.07) is 0. The van der Waals surface area contributed by atoms with Crippen LogP contribution in [0.2, 0.25) is 39.3 Å². The Kier molecular flexibility index (Phi) is 5.79. The Bertz CT molecular complexity index is 227. The van der Waals surface area contributed by atoms with Crippen molar-refractivity contribution in [3.8, 4) is 0 Å². The summed E-state index contributed by atoms with van der Waals surface area (Å²) in [5.41, 5.74) is 0. The van der Waals surface area contributed by atoms with Crippen molar-refractivity contribution in [2.45, 2.75) is 39.3 Å². The third kappa shape index (κ3) is 8.66. The monoisotopic (exact) mass is 290 g/mol. The summed E-state index contributed by atoms with van der Waals surface area (Å²) in [7, 11) is -6.68. The van der Waals surface area contributed by atoms with Gasteiger partial charge in [-0.1, -0.05) is 0 Å². The fraction of sp³-hybridized carbons (Fsp3) is 1.00. The van der Waals surface area contributed by atoms with Crippen LogP contribution in [0.3, 0.4) is 0 Å². The Morgan fingerprint density at radius 3 is 1.53 bits per heavy atom. The Balaban J connectivity index is 4.68. The van der Waals surface area contributed by atoms with Crippen LogP contribution in [-0.4, -0.2) is 28.7 Å². The number of halogens is 1. The lowest BCUT2D eigenvalue weighted by molar-refractivity contribution is 0.385. The Morgan fingerprint density at radius 2 is 1.33 bits per heavy atom. The molecule has 0 atom stereocenters. The summed E-state index contributed by atoms with van der Waals surface area (Å²) < 4.78 is 23.7. The molecule has 0 radical (unpaired) electrons. The van der Waals surface area contributed by atoms with Gasteiger partial charge in [0.1, 0.15) is 0 Å². The summed E-state index contributed by atoms with van der Waals surface area (Å²) in [5.74, 6) is 0.312. The molecule has 0 aromatic rings. The second-order valence-electron chi connectivity index (χ2n) is 5.43. The maximum Gasteiger partial charge on any atom is 0.312 e. The summed E-state index contributed by atoms with van der Waals surface area (Å²) in [6.45, 7) is 12.0. The van der Waals surface area contributed by atoms with Gasteiger partial charge in [0.25, 0.3) is 0 Å². The van der Waals surface area contributed by atoms with Gasteiger partial charge in [-0.15, -0.1) is 11.6 Å². The maximum atomic E-state index is 12.4. The molecule has 92 valence electrons. The number of rotatable bonds is 6. The fourth-order valence-electron chi connectivity index (χ4n) is 1.05. The highest BCUT2D eigenvalue weighted by Gasteiger charge is 2.35. The topological polar surface area (TPSA) is 35.5 Å². The average molecular weight is 291 g/mol. The van der Waals surface area contributed by atoms with Gasteiger partial charge < -0.3 is 8.43 Å². The highest BCUT2D eigenvalue weighted by atomic mass is 35.5. The van der Waals surface area contributed by atoms with Gasteiger partial charge >= 0.3 is 7.60 Å². The smallest absolute Gasteiger partial charge is 0.312 e. The van der Waals surface area contributed by atoms with Gasteiger partial charge in [-0.2, -0.15) is 0 Å². The SMILES string of the molecule is C[Si](C)(C)O[33P](=O)(CCCl)O[Si](C)(C)C. The lowest BCUT2D eigenvalue weighted by Gasteiger charge is -2.30. The lowest BCUT2D eigenvalue weighted by Crippen LogP contribution is -2.30. The molecule has 15 heavy (non-hydrogen) atoms. The van der Waals surface area contributed by atoms with E-state index in [4.69, 9.17) is 20.0 Å². The molecule has 0 amide bonds. The molecule has 0 aliphatic carbocycles. The molecule has 0 aromatic heterocycles. The van der Waals surface area contributed by atoms with Crippen LogP contribution >= 0.6 is 19.2 Å². The van der Waals surface area contributed by atoms with Crippen molar-refractivity contribution >= 4 is 35.8 Å². The summed E-state index contributed by atoms with van der Waals surface area (Å²) in [5, 5.41) is 0. The molecule has 0 bridgehead atoms. The van der Waals surface area contributed by atoms with Crippen LogP contribution in [0.5, 0.6) is 0 Å². The van der Waals surface area contributed by atoms with Gasteiger partial charge in [-0.3, -0.25) is 4.57 Å². The number of hydrogen-bond donors (Lipinski definition) is 0. The first-order chi connectivity index (χ1) is 6.47. The van der Waals surface area contributed by atoms with Crippen molar-refractivity contribution < 1.29 is 13.0 Å². The van der Waals surface area contributed by atoms with Crippen LogP contribution in [0, 0.1) is 0 Å². The molecule has 0 aliphatic heterocycles. The highest BCUT2D eigenvalue weighted by Crippen LogP contribution is 2.52. The minimum absolute atomic E-state index is 0.309. The van der Waals surface area contributed by atoms with Crippen LogP contribution < -0.4 is 0 Å². The second-order valence-corrected chi connectivity index (χ2v) is 17.4. The van der Waals surface area contributed by atoms with E-state index in [1.807, 2.05) is 39.3 Å². The molecule has 0 spiro atoms. The quantitative estimate of drug-likeness (QED) is 0.419. The zero-order valence-electron chi connectivity index (χ0n) is 10.5. The Morgan fingerprint density at radius 1 is 1.00 bits per heavy atom. The van der Waals surface area contributed by atoms with E-state index in [1.165, 1.54) is 0 Å². The minimum atomic E-state index is -2.97. The van der Waals surface area contributed by atoms with Crippen molar-refractivity contribution in [2.75, 3.05) is 12.0 Å². The molecular formula is C8H22ClO3PSi2. The van der Waals surface area contributed by atoms with Gasteiger partial charge in [-0.05, 0) is 39.3 Å². The largest absolute Gasteiger partial charge is 0.352 e. The summed E-state index contributed by atoms with van der Waals surface area (Å²) in [6.07, 6.45) is 0.309.